The summed E-state index contributed by atoms with van der Waals surface area (Å²) in [5, 5.41) is 16.4. The molecule has 1 aromatic carbocycles. The van der Waals surface area contributed by atoms with E-state index in [-0.39, 0.29) is 0 Å². The zero-order valence-corrected chi connectivity index (χ0v) is 7.02. The van der Waals surface area contributed by atoms with Crippen molar-refractivity contribution >= 4 is 7.69 Å². The van der Waals surface area contributed by atoms with E-state index in [1.54, 1.807) is 0 Å². The molecule has 0 fully saturated rings. The molecule has 8 heteroatoms. The van der Waals surface area contributed by atoms with Crippen molar-refractivity contribution < 1.29 is 27.2 Å². The van der Waals surface area contributed by atoms with E-state index >= 15 is 0 Å². The van der Waals surface area contributed by atoms with E-state index in [0.29, 0.717) is 0 Å². The van der Waals surface area contributed by atoms with E-state index in [1.165, 1.54) is 0 Å². The van der Waals surface area contributed by atoms with Gasteiger partial charge < -0.3 is 9.68 Å². The van der Waals surface area contributed by atoms with E-state index in [9.17, 15) is 17.6 Å². The van der Waals surface area contributed by atoms with Crippen LogP contribution in [0.5, 0.6) is 5.75 Å². The number of hydrogen-bond acceptors (Lipinski definition) is 3. The molecule has 0 aliphatic heterocycles. The van der Waals surface area contributed by atoms with Crippen molar-refractivity contribution in [2.45, 2.75) is 0 Å². The van der Waals surface area contributed by atoms with Crippen LogP contribution in [0.25, 0.3) is 0 Å². The molecule has 0 aliphatic carbocycles. The maximum atomic E-state index is 12.9. The van der Waals surface area contributed by atoms with E-state index in [2.05, 4.69) is 4.65 Å². The lowest BCUT2D eigenvalue weighted by Gasteiger charge is -2.07. The molecule has 0 unspecified atom stereocenters. The van der Waals surface area contributed by atoms with Crippen LogP contribution in [-0.2, 0) is 0 Å². The smallest absolute Gasteiger partial charge is 0.504 e. The number of nitriles is 1. The van der Waals surface area contributed by atoms with Crippen LogP contribution >= 0.6 is 0 Å². The summed E-state index contributed by atoms with van der Waals surface area (Å²) in [4.78, 5) is 0. The van der Waals surface area contributed by atoms with Crippen LogP contribution in [0.15, 0.2) is 0 Å². The predicted octanol–water partition coefficient (Wildman–Crippen LogP) is 0.752. The van der Waals surface area contributed by atoms with Gasteiger partial charge in [0.25, 0.3) is 0 Å². The second-order valence-corrected chi connectivity index (χ2v) is 2.35. The molecule has 1 N–H and O–H groups in total. The molecule has 0 bridgehead atoms. The van der Waals surface area contributed by atoms with Crippen LogP contribution in [0, 0.1) is 34.6 Å². The van der Waals surface area contributed by atoms with Crippen molar-refractivity contribution in [3.8, 4) is 11.8 Å². The van der Waals surface area contributed by atoms with Gasteiger partial charge in [0, 0.05) is 0 Å². The molecule has 0 amide bonds. The quantitative estimate of drug-likeness (QED) is 0.453. The molecule has 0 radical (unpaired) electrons. The maximum absolute atomic E-state index is 12.9. The zero-order chi connectivity index (χ0) is 11.6. The maximum Gasteiger partial charge on any atom is 0.504 e. The van der Waals surface area contributed by atoms with E-state index in [0.717, 1.165) is 6.07 Å². The first-order valence-corrected chi connectivity index (χ1v) is 3.54. The Morgan fingerprint density at radius 3 is 1.87 bits per heavy atom. The SMILES string of the molecule is N#Cc1c(F)c(F)c(OBO)c(F)c1F. The zero-order valence-electron chi connectivity index (χ0n) is 7.02. The first kappa shape index (κ1) is 11.3. The number of nitrogens with zero attached hydrogens (tertiary/aromatic N) is 1. The van der Waals surface area contributed by atoms with Crippen LogP contribution < -0.4 is 4.65 Å². The number of hydrogen-bond donors (Lipinski definition) is 1. The Kier molecular flexibility index (Phi) is 3.16. The summed E-state index contributed by atoms with van der Waals surface area (Å²) in [5.41, 5.74) is -1.38. The van der Waals surface area contributed by atoms with Gasteiger partial charge in [0.15, 0.2) is 17.4 Å². The van der Waals surface area contributed by atoms with Gasteiger partial charge in [-0.3, -0.25) is 0 Å². The predicted molar refractivity (Wildman–Crippen MR) is 41.0 cm³/mol. The highest BCUT2D eigenvalue weighted by Gasteiger charge is 2.26. The number of benzene rings is 1. The van der Waals surface area contributed by atoms with Gasteiger partial charge in [0.2, 0.25) is 11.6 Å². The lowest BCUT2D eigenvalue weighted by molar-refractivity contribution is 0.371. The van der Waals surface area contributed by atoms with Crippen LogP contribution in [-0.4, -0.2) is 12.7 Å². The highest BCUT2D eigenvalue weighted by Crippen LogP contribution is 2.29. The topological polar surface area (TPSA) is 53.2 Å². The van der Waals surface area contributed by atoms with Crippen LogP contribution in [0.4, 0.5) is 17.6 Å². The summed E-state index contributed by atoms with van der Waals surface area (Å²) < 4.78 is 55.5. The fraction of sp³-hybridized carbons (Fsp3) is 0. The number of rotatable bonds is 2. The first-order valence-electron chi connectivity index (χ1n) is 3.54. The molecule has 0 saturated carbocycles. The largest absolute Gasteiger partial charge is 0.535 e. The summed E-state index contributed by atoms with van der Waals surface area (Å²) in [7, 11) is -1.15. The molecular formula is C7H2BF4NO2. The molecule has 1 rings (SSSR count). The fourth-order valence-corrected chi connectivity index (χ4v) is 0.901. The molecule has 0 saturated heterocycles. The monoisotopic (exact) mass is 219 g/mol. The lowest BCUT2D eigenvalue weighted by Crippen LogP contribution is -2.09. The molecule has 0 aliphatic rings. The first-order chi connectivity index (χ1) is 7.04. The molecule has 78 valence electrons. The molecule has 0 aromatic heterocycles. The minimum absolute atomic E-state index is 0.966. The summed E-state index contributed by atoms with van der Waals surface area (Å²) >= 11 is 0. The van der Waals surface area contributed by atoms with Crippen molar-refractivity contribution in [3.05, 3.63) is 28.8 Å². The molecular weight excluding hydrogens is 217 g/mol. The highest BCUT2D eigenvalue weighted by atomic mass is 19.2. The second-order valence-electron chi connectivity index (χ2n) is 2.35. The minimum Gasteiger partial charge on any atom is -0.535 e. The van der Waals surface area contributed by atoms with Gasteiger partial charge in [-0.15, -0.1) is 0 Å². The third-order valence-electron chi connectivity index (χ3n) is 1.54. The Morgan fingerprint density at radius 1 is 1.07 bits per heavy atom. The summed E-state index contributed by atoms with van der Waals surface area (Å²) in [6, 6.07) is 0.966. The molecule has 0 atom stereocenters. The van der Waals surface area contributed by atoms with Crippen molar-refractivity contribution in [1.29, 1.82) is 5.26 Å². The second kappa shape index (κ2) is 4.19. The van der Waals surface area contributed by atoms with E-state index in [1.807, 2.05) is 0 Å². The van der Waals surface area contributed by atoms with Crippen molar-refractivity contribution in [2.75, 3.05) is 0 Å². The Labute approximate surface area is 81.8 Å². The highest BCUT2D eigenvalue weighted by molar-refractivity contribution is 6.17. The Morgan fingerprint density at radius 2 is 1.53 bits per heavy atom. The Balaban J connectivity index is 3.53. The molecule has 3 nitrogen and oxygen atoms in total. The minimum atomic E-state index is -1.86. The number of halogens is 4. The average molecular weight is 219 g/mol. The third kappa shape index (κ3) is 1.73. The third-order valence-corrected chi connectivity index (χ3v) is 1.54. The summed E-state index contributed by atoms with van der Waals surface area (Å²) in [6.07, 6.45) is 0. The molecule has 0 spiro atoms. The van der Waals surface area contributed by atoms with E-state index < -0.39 is 42.3 Å². The standard InChI is InChI=1S/C7H2BF4NO2/c9-3-2(1-13)4(10)6(12)7(5(3)11)15-8-14/h8,14H. The van der Waals surface area contributed by atoms with Gasteiger partial charge in [-0.2, -0.15) is 14.0 Å². The summed E-state index contributed by atoms with van der Waals surface area (Å²) in [5.74, 6) is -8.84. The molecule has 15 heavy (non-hydrogen) atoms. The van der Waals surface area contributed by atoms with Gasteiger partial charge in [-0.25, -0.2) is 8.78 Å². The molecule has 0 heterocycles. The van der Waals surface area contributed by atoms with Crippen LogP contribution in [0.2, 0.25) is 0 Å². The van der Waals surface area contributed by atoms with E-state index in [4.69, 9.17) is 10.3 Å². The van der Waals surface area contributed by atoms with Crippen LogP contribution in [0.1, 0.15) is 5.56 Å². The van der Waals surface area contributed by atoms with Gasteiger partial charge in [0.1, 0.15) is 11.6 Å². The Hall–Kier alpha value is -1.75. The van der Waals surface area contributed by atoms with Gasteiger partial charge in [0.05, 0.1) is 0 Å². The average Bonchev–Trinajstić information content (AvgIpc) is 2.23. The summed E-state index contributed by atoms with van der Waals surface area (Å²) in [6.45, 7) is 0. The van der Waals surface area contributed by atoms with Gasteiger partial charge in [-0.1, -0.05) is 0 Å². The van der Waals surface area contributed by atoms with Crippen molar-refractivity contribution in [2.24, 2.45) is 0 Å². The molecule has 1 aromatic rings. The van der Waals surface area contributed by atoms with Gasteiger partial charge in [-0.05, 0) is 0 Å². The van der Waals surface area contributed by atoms with Crippen molar-refractivity contribution in [3.63, 3.8) is 0 Å². The Bertz CT molecular complexity index is 417. The van der Waals surface area contributed by atoms with Crippen LogP contribution in [0.3, 0.4) is 0 Å². The van der Waals surface area contributed by atoms with Gasteiger partial charge >= 0.3 is 7.69 Å². The van der Waals surface area contributed by atoms with Crippen molar-refractivity contribution in [1.82, 2.24) is 0 Å². The normalized spacial score (nSPS) is 9.60. The lowest BCUT2D eigenvalue weighted by atomic mass is 10.1. The fourth-order valence-electron chi connectivity index (χ4n) is 0.901.